The first-order chi connectivity index (χ1) is 9.88. The number of fused-ring (bicyclic) bond motifs is 1. The van der Waals surface area contributed by atoms with Crippen LogP contribution >= 0.6 is 0 Å². The van der Waals surface area contributed by atoms with Crippen LogP contribution < -0.4 is 0 Å². The number of aryl methyl sites for hydroxylation is 1. The maximum absolute atomic E-state index is 13.4. The molecular weight excluding hydrogens is 282 g/mol. The number of imidazole rings is 1. The van der Waals surface area contributed by atoms with Crippen molar-refractivity contribution in [2.24, 2.45) is 0 Å². The molecule has 114 valence electrons. The summed E-state index contributed by atoms with van der Waals surface area (Å²) in [6, 6.07) is 2.03. The van der Waals surface area contributed by atoms with Crippen LogP contribution in [0, 0.1) is 11.6 Å². The van der Waals surface area contributed by atoms with Gasteiger partial charge in [-0.1, -0.05) is 0 Å². The summed E-state index contributed by atoms with van der Waals surface area (Å²) in [5, 5.41) is 8.79. The number of ether oxygens (including phenoxy) is 1. The molecule has 0 saturated heterocycles. The highest BCUT2D eigenvalue weighted by Crippen LogP contribution is 2.21. The van der Waals surface area contributed by atoms with Gasteiger partial charge in [0, 0.05) is 18.7 Å². The van der Waals surface area contributed by atoms with Gasteiger partial charge in [-0.05, 0) is 13.8 Å². The molecule has 1 heterocycles. The molecule has 0 bridgehead atoms. The second-order valence-electron chi connectivity index (χ2n) is 4.94. The molecule has 21 heavy (non-hydrogen) atoms. The second-order valence-corrected chi connectivity index (χ2v) is 4.94. The third-order valence-corrected chi connectivity index (χ3v) is 2.96. The van der Waals surface area contributed by atoms with Gasteiger partial charge in [-0.25, -0.2) is 13.8 Å². The molecule has 0 radical (unpaired) electrons. The van der Waals surface area contributed by atoms with Gasteiger partial charge in [0.2, 0.25) is 0 Å². The molecule has 5 nitrogen and oxygen atoms in total. The first kappa shape index (κ1) is 15.4. The minimum Gasteiger partial charge on any atom is -0.481 e. The highest BCUT2D eigenvalue weighted by Gasteiger charge is 2.15. The van der Waals surface area contributed by atoms with Crippen molar-refractivity contribution in [1.29, 1.82) is 0 Å². The Kier molecular flexibility index (Phi) is 4.52. The van der Waals surface area contributed by atoms with Crippen LogP contribution in [0.25, 0.3) is 11.0 Å². The van der Waals surface area contributed by atoms with Gasteiger partial charge in [0.15, 0.2) is 11.6 Å². The van der Waals surface area contributed by atoms with Gasteiger partial charge in [-0.15, -0.1) is 0 Å². The van der Waals surface area contributed by atoms with Crippen LogP contribution in [0.1, 0.15) is 26.1 Å². The topological polar surface area (TPSA) is 64.4 Å². The number of benzene rings is 1. The number of carbonyl (C=O) groups is 1. The van der Waals surface area contributed by atoms with Crippen LogP contribution in [-0.4, -0.2) is 26.7 Å². The van der Waals surface area contributed by atoms with Crippen molar-refractivity contribution in [3.05, 3.63) is 29.6 Å². The Labute approximate surface area is 120 Å². The second kappa shape index (κ2) is 6.17. The quantitative estimate of drug-likeness (QED) is 0.890. The van der Waals surface area contributed by atoms with Crippen molar-refractivity contribution in [2.75, 3.05) is 0 Å². The molecule has 7 heteroatoms. The molecule has 0 aliphatic carbocycles. The summed E-state index contributed by atoms with van der Waals surface area (Å²) in [6.45, 7) is 3.97. The molecule has 0 spiro atoms. The minimum absolute atomic E-state index is 0.0359. The Hall–Kier alpha value is -2.02. The standard InChI is InChI=1S/C14H16F2N2O3/c1-8(2)21-7-13-17-11-5-9(15)10(16)6-12(11)18(13)4-3-14(19)20/h5-6,8H,3-4,7H2,1-2H3,(H,19,20). The lowest BCUT2D eigenvalue weighted by Crippen LogP contribution is -2.11. The molecule has 1 aromatic carbocycles. The Balaban J connectivity index is 2.43. The molecule has 0 aliphatic heterocycles. The summed E-state index contributed by atoms with van der Waals surface area (Å²) >= 11 is 0. The van der Waals surface area contributed by atoms with Crippen molar-refractivity contribution in [2.45, 2.75) is 39.5 Å². The predicted molar refractivity (Wildman–Crippen MR) is 71.8 cm³/mol. The monoisotopic (exact) mass is 298 g/mol. The number of halogens is 2. The first-order valence-electron chi connectivity index (χ1n) is 6.56. The van der Waals surface area contributed by atoms with Crippen LogP contribution in [0.5, 0.6) is 0 Å². The van der Waals surface area contributed by atoms with Crippen molar-refractivity contribution >= 4 is 17.0 Å². The fourth-order valence-electron chi connectivity index (χ4n) is 1.98. The fraction of sp³-hybridized carbons (Fsp3) is 0.429. The number of carboxylic acids is 1. The van der Waals surface area contributed by atoms with Crippen molar-refractivity contribution in [3.63, 3.8) is 0 Å². The van der Waals surface area contributed by atoms with Crippen LogP contribution in [0.4, 0.5) is 8.78 Å². The highest BCUT2D eigenvalue weighted by atomic mass is 19.2. The molecule has 0 atom stereocenters. The Morgan fingerprint density at radius 3 is 2.67 bits per heavy atom. The van der Waals surface area contributed by atoms with E-state index in [4.69, 9.17) is 9.84 Å². The third kappa shape index (κ3) is 3.55. The largest absolute Gasteiger partial charge is 0.481 e. The van der Waals surface area contributed by atoms with Gasteiger partial charge < -0.3 is 14.4 Å². The average Bonchev–Trinajstić information content (AvgIpc) is 2.71. The Morgan fingerprint density at radius 1 is 1.38 bits per heavy atom. The number of nitrogens with zero attached hydrogens (tertiary/aromatic N) is 2. The summed E-state index contributed by atoms with van der Waals surface area (Å²) in [5.41, 5.74) is 0.638. The summed E-state index contributed by atoms with van der Waals surface area (Å²) in [6.07, 6.45) is -0.176. The highest BCUT2D eigenvalue weighted by molar-refractivity contribution is 5.76. The van der Waals surface area contributed by atoms with Gasteiger partial charge in [0.25, 0.3) is 0 Å². The van der Waals surface area contributed by atoms with Gasteiger partial charge in [-0.3, -0.25) is 4.79 Å². The SMILES string of the molecule is CC(C)OCc1nc2cc(F)c(F)cc2n1CCC(=O)O. The predicted octanol–water partition coefficient (Wildman–Crippen LogP) is 2.71. The van der Waals surface area contributed by atoms with E-state index >= 15 is 0 Å². The lowest BCUT2D eigenvalue weighted by atomic mass is 10.3. The zero-order chi connectivity index (χ0) is 15.6. The number of aromatic nitrogens is 2. The van der Waals surface area contributed by atoms with E-state index in [0.29, 0.717) is 11.3 Å². The minimum atomic E-state index is -0.990. The lowest BCUT2D eigenvalue weighted by molar-refractivity contribution is -0.137. The van der Waals surface area contributed by atoms with E-state index in [2.05, 4.69) is 4.98 Å². The van der Waals surface area contributed by atoms with Crippen LogP contribution in [0.2, 0.25) is 0 Å². The van der Waals surface area contributed by atoms with Gasteiger partial charge in [0.05, 0.1) is 23.6 Å². The van der Waals surface area contributed by atoms with E-state index in [1.807, 2.05) is 13.8 Å². The van der Waals surface area contributed by atoms with Crippen molar-refractivity contribution in [3.8, 4) is 0 Å². The summed E-state index contributed by atoms with van der Waals surface area (Å²) in [5.74, 6) is -2.50. The maximum Gasteiger partial charge on any atom is 0.305 e. The van der Waals surface area contributed by atoms with Gasteiger partial charge in [-0.2, -0.15) is 0 Å². The Bertz CT molecular complexity index is 668. The lowest BCUT2D eigenvalue weighted by Gasteiger charge is -2.10. The molecule has 0 amide bonds. The molecule has 2 aromatic rings. The average molecular weight is 298 g/mol. The van der Waals surface area contributed by atoms with E-state index in [0.717, 1.165) is 12.1 Å². The zero-order valence-corrected chi connectivity index (χ0v) is 11.8. The number of rotatable bonds is 6. The molecule has 0 unspecified atom stereocenters. The van der Waals surface area contributed by atoms with Gasteiger partial charge in [0.1, 0.15) is 12.4 Å². The number of hydrogen-bond donors (Lipinski definition) is 1. The summed E-state index contributed by atoms with van der Waals surface area (Å²) < 4.78 is 33.7. The zero-order valence-electron chi connectivity index (χ0n) is 11.8. The van der Waals surface area contributed by atoms with E-state index in [1.54, 1.807) is 4.57 Å². The fourth-order valence-corrected chi connectivity index (χ4v) is 1.98. The van der Waals surface area contributed by atoms with E-state index < -0.39 is 17.6 Å². The van der Waals surface area contributed by atoms with E-state index in [9.17, 15) is 13.6 Å². The smallest absolute Gasteiger partial charge is 0.305 e. The van der Waals surface area contributed by atoms with E-state index in [1.165, 1.54) is 0 Å². The molecule has 0 fully saturated rings. The number of carboxylic acid groups (broad SMARTS) is 1. The molecule has 1 N–H and O–H groups in total. The maximum atomic E-state index is 13.4. The molecule has 0 aliphatic rings. The van der Waals surface area contributed by atoms with Crippen molar-refractivity contribution in [1.82, 2.24) is 9.55 Å². The first-order valence-corrected chi connectivity index (χ1v) is 6.56. The van der Waals surface area contributed by atoms with Crippen molar-refractivity contribution < 1.29 is 23.4 Å². The number of aliphatic carboxylic acids is 1. The van der Waals surface area contributed by atoms with Crippen LogP contribution in [0.15, 0.2) is 12.1 Å². The normalized spacial score (nSPS) is 11.5. The van der Waals surface area contributed by atoms with Crippen LogP contribution in [0.3, 0.4) is 0 Å². The number of hydrogen-bond acceptors (Lipinski definition) is 3. The molecule has 2 rings (SSSR count). The van der Waals surface area contributed by atoms with E-state index in [-0.39, 0.29) is 31.2 Å². The van der Waals surface area contributed by atoms with Gasteiger partial charge >= 0.3 is 5.97 Å². The molecule has 0 saturated carbocycles. The Morgan fingerprint density at radius 2 is 2.05 bits per heavy atom. The summed E-state index contributed by atoms with van der Waals surface area (Å²) in [7, 11) is 0. The van der Waals surface area contributed by atoms with Crippen LogP contribution in [-0.2, 0) is 22.7 Å². The molecule has 1 aromatic heterocycles. The third-order valence-electron chi connectivity index (χ3n) is 2.96. The molecular formula is C14H16F2N2O3. The summed E-state index contributed by atoms with van der Waals surface area (Å²) in [4.78, 5) is 14.9.